The Hall–Kier alpha value is -2.34. The lowest BCUT2D eigenvalue weighted by Crippen LogP contribution is -2.45. The third-order valence-corrected chi connectivity index (χ3v) is 7.07. The highest BCUT2D eigenvalue weighted by atomic mass is 16.5. The van der Waals surface area contributed by atoms with E-state index >= 15 is 0 Å². The smallest absolute Gasteiger partial charge is 0.230 e. The highest BCUT2D eigenvalue weighted by molar-refractivity contribution is 5.93. The molecule has 1 aromatic carbocycles. The number of hydrogen-bond donors (Lipinski definition) is 1. The van der Waals surface area contributed by atoms with Gasteiger partial charge in [-0.3, -0.25) is 9.59 Å². The Morgan fingerprint density at radius 3 is 2.76 bits per heavy atom. The summed E-state index contributed by atoms with van der Waals surface area (Å²) in [5, 5.41) is 3.05. The summed E-state index contributed by atoms with van der Waals surface area (Å²) in [5.74, 6) is 0.0647. The Bertz CT molecular complexity index is 830. The number of rotatable bonds is 6. The van der Waals surface area contributed by atoms with E-state index in [0.717, 1.165) is 30.6 Å². The maximum Gasteiger partial charge on any atom is 0.230 e. The van der Waals surface area contributed by atoms with Gasteiger partial charge < -0.3 is 19.7 Å². The van der Waals surface area contributed by atoms with Gasteiger partial charge in [-0.1, -0.05) is 37.1 Å². The van der Waals surface area contributed by atoms with Crippen LogP contribution in [0.25, 0.3) is 0 Å². The van der Waals surface area contributed by atoms with Crippen LogP contribution in [-0.4, -0.2) is 54.7 Å². The van der Waals surface area contributed by atoms with Gasteiger partial charge in [0.15, 0.2) is 0 Å². The third-order valence-electron chi connectivity index (χ3n) is 7.07. The molecule has 2 amide bonds. The van der Waals surface area contributed by atoms with Gasteiger partial charge in [0.1, 0.15) is 11.4 Å². The van der Waals surface area contributed by atoms with Crippen LogP contribution in [-0.2, 0) is 20.7 Å². The number of carbonyl (C=O) groups excluding carboxylic acids is 2. The van der Waals surface area contributed by atoms with Crippen LogP contribution in [0.15, 0.2) is 36.4 Å². The highest BCUT2D eigenvalue weighted by Gasteiger charge is 2.67. The van der Waals surface area contributed by atoms with Gasteiger partial charge in [0, 0.05) is 12.6 Å². The first-order valence-corrected chi connectivity index (χ1v) is 10.7. The number of amides is 2. The van der Waals surface area contributed by atoms with Crippen LogP contribution in [0.4, 0.5) is 0 Å². The number of hydrogen-bond acceptors (Lipinski definition) is 4. The SMILES string of the molecule is COc1ccc(CCNC(=O)[C@@H]2[C@H]3C(=O)N(C4CCCC4)C[C@@]34C=C[C@H]2O4)cc1. The van der Waals surface area contributed by atoms with E-state index < -0.39 is 11.5 Å². The number of ether oxygens (including phenoxy) is 2. The zero-order chi connectivity index (χ0) is 20.0. The normalized spacial score (nSPS) is 32.8. The molecule has 6 nitrogen and oxygen atoms in total. The molecule has 3 aliphatic heterocycles. The molecule has 0 unspecified atom stereocenters. The molecule has 3 heterocycles. The van der Waals surface area contributed by atoms with Crippen molar-refractivity contribution in [3.8, 4) is 5.75 Å². The lowest BCUT2D eigenvalue weighted by atomic mass is 9.77. The van der Waals surface area contributed by atoms with E-state index in [2.05, 4.69) is 5.32 Å². The van der Waals surface area contributed by atoms with E-state index in [0.29, 0.717) is 19.1 Å². The average molecular weight is 396 g/mol. The van der Waals surface area contributed by atoms with Crippen molar-refractivity contribution >= 4 is 11.8 Å². The zero-order valence-electron chi connectivity index (χ0n) is 16.8. The molecule has 29 heavy (non-hydrogen) atoms. The fourth-order valence-corrected chi connectivity index (χ4v) is 5.59. The molecule has 154 valence electrons. The fourth-order valence-electron chi connectivity index (χ4n) is 5.59. The van der Waals surface area contributed by atoms with Crippen molar-refractivity contribution in [1.29, 1.82) is 0 Å². The van der Waals surface area contributed by atoms with Crippen LogP contribution in [0.5, 0.6) is 5.75 Å². The van der Waals surface area contributed by atoms with Gasteiger partial charge in [0.25, 0.3) is 0 Å². The van der Waals surface area contributed by atoms with E-state index in [4.69, 9.17) is 9.47 Å². The summed E-state index contributed by atoms with van der Waals surface area (Å²) in [7, 11) is 1.64. The van der Waals surface area contributed by atoms with Gasteiger partial charge in [-0.25, -0.2) is 0 Å². The molecule has 4 atom stereocenters. The molecule has 3 fully saturated rings. The molecule has 6 heteroatoms. The summed E-state index contributed by atoms with van der Waals surface area (Å²) in [6.07, 6.45) is 8.98. The summed E-state index contributed by atoms with van der Waals surface area (Å²) in [5.41, 5.74) is 0.540. The first-order chi connectivity index (χ1) is 14.1. The van der Waals surface area contributed by atoms with Gasteiger partial charge in [-0.05, 0) is 37.0 Å². The first kappa shape index (κ1) is 18.7. The molecule has 1 N–H and O–H groups in total. The maximum absolute atomic E-state index is 13.2. The van der Waals surface area contributed by atoms with Gasteiger partial charge in [-0.2, -0.15) is 0 Å². The molecule has 1 spiro atoms. The number of carbonyl (C=O) groups is 2. The number of fused-ring (bicyclic) bond motifs is 1. The van der Waals surface area contributed by atoms with Crippen molar-refractivity contribution in [2.75, 3.05) is 20.2 Å². The maximum atomic E-state index is 13.2. The third kappa shape index (κ3) is 3.05. The van der Waals surface area contributed by atoms with Crippen LogP contribution < -0.4 is 10.1 Å². The monoisotopic (exact) mass is 396 g/mol. The second-order valence-corrected chi connectivity index (χ2v) is 8.69. The van der Waals surface area contributed by atoms with Gasteiger partial charge in [0.05, 0.1) is 31.6 Å². The number of nitrogens with one attached hydrogen (secondary N) is 1. The summed E-state index contributed by atoms with van der Waals surface area (Å²) in [6, 6.07) is 8.17. The number of likely N-dealkylation sites (tertiary alicyclic amines) is 1. The van der Waals surface area contributed by atoms with Gasteiger partial charge in [0.2, 0.25) is 11.8 Å². The molecule has 1 saturated carbocycles. The molecule has 2 saturated heterocycles. The summed E-state index contributed by atoms with van der Waals surface area (Å²) >= 11 is 0. The predicted octanol–water partition coefficient (Wildman–Crippen LogP) is 2.08. The minimum absolute atomic E-state index is 0.0682. The van der Waals surface area contributed by atoms with Crippen LogP contribution in [0.2, 0.25) is 0 Å². The molecular formula is C23H28N2O4. The second-order valence-electron chi connectivity index (χ2n) is 8.69. The van der Waals surface area contributed by atoms with Crippen molar-refractivity contribution in [3.63, 3.8) is 0 Å². The van der Waals surface area contributed by atoms with Crippen molar-refractivity contribution in [3.05, 3.63) is 42.0 Å². The second kappa shape index (κ2) is 7.17. The molecule has 1 aromatic rings. The quantitative estimate of drug-likeness (QED) is 0.748. The van der Waals surface area contributed by atoms with E-state index in [-0.39, 0.29) is 23.8 Å². The molecule has 0 radical (unpaired) electrons. The van der Waals surface area contributed by atoms with Gasteiger partial charge >= 0.3 is 0 Å². The Kier molecular flexibility index (Phi) is 4.62. The van der Waals surface area contributed by atoms with Crippen molar-refractivity contribution in [2.45, 2.75) is 49.9 Å². The summed E-state index contributed by atoms with van der Waals surface area (Å²) in [4.78, 5) is 28.3. The Labute approximate surface area is 171 Å². The standard InChI is InChI=1S/C23H28N2O4/c1-28-17-8-6-15(7-9-17)11-13-24-21(26)19-18-10-12-23(29-18)14-25(22(27)20(19)23)16-4-2-3-5-16/h6-10,12,16,18-20H,2-5,11,13-14H2,1H3,(H,24,26)/t18-,19+,20+,23+/m1/s1. The lowest BCUT2D eigenvalue weighted by molar-refractivity contribution is -0.138. The van der Waals surface area contributed by atoms with Crippen molar-refractivity contribution in [1.82, 2.24) is 10.2 Å². The topological polar surface area (TPSA) is 67.9 Å². The van der Waals surface area contributed by atoms with E-state index in [1.165, 1.54) is 12.8 Å². The van der Waals surface area contributed by atoms with E-state index in [1.807, 2.05) is 41.3 Å². The fraction of sp³-hybridized carbons (Fsp3) is 0.565. The Morgan fingerprint density at radius 1 is 1.28 bits per heavy atom. The van der Waals surface area contributed by atoms with Crippen molar-refractivity contribution in [2.24, 2.45) is 11.8 Å². The minimum atomic E-state index is -0.595. The number of benzene rings is 1. The highest BCUT2D eigenvalue weighted by Crippen LogP contribution is 2.52. The molecule has 2 bridgehead atoms. The Balaban J connectivity index is 1.24. The van der Waals surface area contributed by atoms with Crippen LogP contribution in [0, 0.1) is 11.8 Å². The molecule has 5 rings (SSSR count). The summed E-state index contributed by atoms with van der Waals surface area (Å²) < 4.78 is 11.4. The molecule has 0 aromatic heterocycles. The Morgan fingerprint density at radius 2 is 2.03 bits per heavy atom. The summed E-state index contributed by atoms with van der Waals surface area (Å²) in [6.45, 7) is 1.14. The van der Waals surface area contributed by atoms with E-state index in [1.54, 1.807) is 7.11 Å². The zero-order valence-corrected chi connectivity index (χ0v) is 16.8. The van der Waals surface area contributed by atoms with Gasteiger partial charge in [-0.15, -0.1) is 0 Å². The first-order valence-electron chi connectivity index (χ1n) is 10.7. The average Bonchev–Trinajstić information content (AvgIpc) is 3.50. The molecule has 1 aliphatic carbocycles. The van der Waals surface area contributed by atoms with E-state index in [9.17, 15) is 9.59 Å². The number of methoxy groups -OCH3 is 1. The molecular weight excluding hydrogens is 368 g/mol. The van der Waals surface area contributed by atoms with Crippen LogP contribution in [0.1, 0.15) is 31.2 Å². The number of nitrogens with zero attached hydrogens (tertiary/aromatic N) is 1. The lowest BCUT2D eigenvalue weighted by Gasteiger charge is -2.27. The minimum Gasteiger partial charge on any atom is -0.497 e. The van der Waals surface area contributed by atoms with Crippen molar-refractivity contribution < 1.29 is 19.1 Å². The molecule has 4 aliphatic rings. The van der Waals surface area contributed by atoms with Crippen LogP contribution in [0.3, 0.4) is 0 Å². The largest absolute Gasteiger partial charge is 0.497 e. The predicted molar refractivity (Wildman–Crippen MR) is 107 cm³/mol. The van der Waals surface area contributed by atoms with Crippen LogP contribution >= 0.6 is 0 Å².